The number of aryl methyl sites for hydroxylation is 1. The average molecular weight is 750 g/mol. The third-order valence-corrected chi connectivity index (χ3v) is 15.7. The molecule has 7 rings (SSSR count). The van der Waals surface area contributed by atoms with E-state index in [0.717, 1.165) is 28.3 Å². The van der Waals surface area contributed by atoms with E-state index >= 15 is 4.79 Å². The Bertz CT molecular complexity index is 2190. The van der Waals surface area contributed by atoms with E-state index in [0.29, 0.717) is 37.4 Å². The highest BCUT2D eigenvalue weighted by Gasteiger charge is 2.66. The van der Waals surface area contributed by atoms with Crippen molar-refractivity contribution in [3.63, 3.8) is 0 Å². The van der Waals surface area contributed by atoms with Crippen molar-refractivity contribution in [2.75, 3.05) is 32.8 Å². The van der Waals surface area contributed by atoms with E-state index in [9.17, 15) is 9.90 Å². The third-order valence-electron chi connectivity index (χ3n) is 11.3. The van der Waals surface area contributed by atoms with Crippen LogP contribution in [0.5, 0.6) is 17.2 Å². The Kier molecular flexibility index (Phi) is 10.2. The fraction of sp³-hybridized carbons (Fsp3) is 0.366. The first-order valence-electron chi connectivity index (χ1n) is 18.2. The number of hydrogen-bond donors (Lipinski definition) is 1. The summed E-state index contributed by atoms with van der Waals surface area (Å²) in [5.41, 5.74) is 2.44. The monoisotopic (exact) mass is 749 g/mol. The number of aromatic nitrogens is 4. The van der Waals surface area contributed by atoms with Gasteiger partial charge in [-0.15, -0.1) is 5.10 Å². The van der Waals surface area contributed by atoms with E-state index in [1.54, 1.807) is 37.2 Å². The molecule has 0 bridgehead atoms. The van der Waals surface area contributed by atoms with Crippen LogP contribution >= 0.6 is 0 Å². The lowest BCUT2D eigenvalue weighted by atomic mass is 9.82. The van der Waals surface area contributed by atoms with Gasteiger partial charge < -0.3 is 29.0 Å². The number of methoxy groups -OCH3 is 3. The maximum absolute atomic E-state index is 15.2. The van der Waals surface area contributed by atoms with Crippen LogP contribution in [0.2, 0.25) is 18.6 Å². The summed E-state index contributed by atoms with van der Waals surface area (Å²) in [5, 5.41) is 19.2. The van der Waals surface area contributed by atoms with Crippen molar-refractivity contribution >= 4 is 24.9 Å². The minimum atomic E-state index is -2.36. The van der Waals surface area contributed by atoms with Crippen molar-refractivity contribution in [2.45, 2.75) is 63.2 Å². The maximum atomic E-state index is 15.2. The molecular weight excluding hydrogens is 703 g/mol. The molecule has 3 aromatic carbocycles. The van der Waals surface area contributed by atoms with Crippen molar-refractivity contribution in [2.24, 2.45) is 5.92 Å². The van der Waals surface area contributed by atoms with Gasteiger partial charge in [-0.25, -0.2) is 0 Å². The van der Waals surface area contributed by atoms with Crippen LogP contribution in [0, 0.1) is 5.92 Å². The molecule has 0 unspecified atom stereocenters. The summed E-state index contributed by atoms with van der Waals surface area (Å²) < 4.78 is 27.1. The first-order chi connectivity index (χ1) is 26.0. The van der Waals surface area contributed by atoms with E-state index in [1.807, 2.05) is 65.7 Å². The van der Waals surface area contributed by atoms with Gasteiger partial charge in [-0.3, -0.25) is 18.8 Å². The van der Waals surface area contributed by atoms with Crippen LogP contribution in [0.4, 0.5) is 5.69 Å². The van der Waals surface area contributed by atoms with Crippen LogP contribution in [0.25, 0.3) is 5.69 Å². The number of carbonyl (C=O) groups is 1. The third kappa shape index (κ3) is 6.39. The van der Waals surface area contributed by atoms with Crippen LogP contribution in [-0.4, -0.2) is 72.7 Å². The summed E-state index contributed by atoms with van der Waals surface area (Å²) in [6.07, 6.45) is 4.34. The Balaban J connectivity index is 1.26. The smallest absolute Gasteiger partial charge is 0.297 e. The molecule has 0 radical (unpaired) electrons. The number of aliphatic hydroxyl groups is 1. The van der Waals surface area contributed by atoms with E-state index in [4.69, 9.17) is 18.9 Å². The molecule has 1 amide bonds. The number of nitrogens with zero attached hydrogens (tertiary/aromatic N) is 5. The van der Waals surface area contributed by atoms with Crippen LogP contribution in [0.15, 0.2) is 96.1 Å². The second-order valence-electron chi connectivity index (χ2n) is 14.6. The molecule has 2 aliphatic rings. The molecule has 0 aliphatic carbocycles. The van der Waals surface area contributed by atoms with Crippen molar-refractivity contribution in [3.8, 4) is 22.9 Å². The second kappa shape index (κ2) is 14.9. The summed E-state index contributed by atoms with van der Waals surface area (Å²) in [4.78, 5) is 30.0. The van der Waals surface area contributed by atoms with Gasteiger partial charge in [-0.2, -0.15) is 0 Å². The lowest BCUT2D eigenvalue weighted by Gasteiger charge is -2.37. The number of aliphatic hydroxyl groups excluding tert-OH is 1. The summed E-state index contributed by atoms with van der Waals surface area (Å²) in [5.74, 6) is 1.40. The van der Waals surface area contributed by atoms with Crippen molar-refractivity contribution < 1.29 is 28.8 Å². The van der Waals surface area contributed by atoms with Crippen LogP contribution in [0.3, 0.4) is 0 Å². The molecule has 12 nitrogen and oxygen atoms in total. The van der Waals surface area contributed by atoms with Crippen molar-refractivity contribution in [1.29, 1.82) is 0 Å². The number of ether oxygens (including phenoxy) is 4. The number of fused-ring (bicyclic) bond motifs is 2. The zero-order valence-electron chi connectivity index (χ0n) is 31.6. The Morgan fingerprint density at radius 3 is 2.33 bits per heavy atom. The molecule has 282 valence electrons. The fourth-order valence-electron chi connectivity index (χ4n) is 8.56. The van der Waals surface area contributed by atoms with Crippen molar-refractivity contribution in [3.05, 3.63) is 118 Å². The van der Waals surface area contributed by atoms with Gasteiger partial charge in [-0.05, 0) is 72.1 Å². The van der Waals surface area contributed by atoms with Crippen LogP contribution < -0.4 is 29.9 Å². The molecule has 1 saturated heterocycles. The normalized spacial score (nSPS) is 20.8. The molecule has 2 aliphatic heterocycles. The zero-order valence-corrected chi connectivity index (χ0v) is 32.6. The first-order valence-corrected chi connectivity index (χ1v) is 21.3. The quantitative estimate of drug-likeness (QED) is 0.168. The van der Waals surface area contributed by atoms with E-state index < -0.39 is 13.7 Å². The number of hydrogen-bond acceptors (Lipinski definition) is 9. The Hall–Kier alpha value is -5.24. The zero-order chi connectivity index (χ0) is 38.2. The Morgan fingerprint density at radius 1 is 0.926 bits per heavy atom. The molecule has 1 N–H and O–H groups in total. The highest BCUT2D eigenvalue weighted by atomic mass is 28.3. The summed E-state index contributed by atoms with van der Waals surface area (Å²) in [7, 11) is 2.41. The molecule has 1 spiro atoms. The molecule has 5 aromatic rings. The number of anilines is 1. The van der Waals surface area contributed by atoms with Gasteiger partial charge in [0.05, 0.1) is 53.4 Å². The standard InChI is InChI=1S/C41H47N5O7Si/c1-27-38(54(5,6)33-16-13-31(50-2)14-17-33)36(19-22-44-26-29(20-23-47)42-43-44)53-41(27)34-24-32(51-3)15-18-35(34)46(40(41)49)25-28-9-11-30(12-10-28)45-21-7-8-37(52-4)39(45)48/h7-18,21,24,26-27,36,38,47H,19-20,22-23,25H2,1-6H3/t27-,36+,38-,41+/m0/s1. The number of rotatable bonds is 13. The van der Waals surface area contributed by atoms with E-state index in [-0.39, 0.29) is 41.4 Å². The van der Waals surface area contributed by atoms with Gasteiger partial charge in [0.1, 0.15) is 11.5 Å². The first kappa shape index (κ1) is 37.1. The van der Waals surface area contributed by atoms with Gasteiger partial charge in [-0.1, -0.05) is 54.7 Å². The molecule has 1 fully saturated rings. The SMILES string of the molecule is COc1ccc([Si](C)(C)[C@@H]2[C@@H](CCn3cc(CCO)nn3)O[C@]3(C(=O)N(Cc4ccc(-n5cccc(OC)c5=O)cc4)c4ccc(OC)cc43)[C@H]2C)cc1. The molecule has 13 heteroatoms. The van der Waals surface area contributed by atoms with Gasteiger partial charge in [0.15, 0.2) is 11.4 Å². The average Bonchev–Trinajstić information content (AvgIpc) is 3.84. The lowest BCUT2D eigenvalue weighted by Crippen LogP contribution is -2.51. The summed E-state index contributed by atoms with van der Waals surface area (Å²) in [6, 6.07) is 25.2. The Labute approximate surface area is 315 Å². The summed E-state index contributed by atoms with van der Waals surface area (Å²) in [6.45, 7) is 7.74. The minimum absolute atomic E-state index is 0.00209. The highest BCUT2D eigenvalue weighted by molar-refractivity contribution is 6.91. The van der Waals surface area contributed by atoms with Crippen LogP contribution in [-0.2, 0) is 34.6 Å². The number of pyridine rings is 1. The van der Waals surface area contributed by atoms with E-state index in [1.165, 1.54) is 16.9 Å². The molecule has 4 atom stereocenters. The van der Waals surface area contributed by atoms with Crippen LogP contribution in [0.1, 0.15) is 30.2 Å². The molecule has 54 heavy (non-hydrogen) atoms. The van der Waals surface area contributed by atoms with Gasteiger partial charge in [0.2, 0.25) is 0 Å². The Morgan fingerprint density at radius 2 is 1.65 bits per heavy atom. The van der Waals surface area contributed by atoms with Gasteiger partial charge in [0.25, 0.3) is 11.5 Å². The van der Waals surface area contributed by atoms with Gasteiger partial charge >= 0.3 is 0 Å². The topological polar surface area (TPSA) is 130 Å². The number of carbonyl (C=O) groups excluding carboxylic acids is 1. The fourth-order valence-corrected chi connectivity index (χ4v) is 12.6. The molecule has 2 aromatic heterocycles. The molecule has 4 heterocycles. The number of benzene rings is 3. The predicted molar refractivity (Wildman–Crippen MR) is 208 cm³/mol. The minimum Gasteiger partial charge on any atom is -0.497 e. The molecule has 0 saturated carbocycles. The largest absolute Gasteiger partial charge is 0.497 e. The highest BCUT2D eigenvalue weighted by Crippen LogP contribution is 2.60. The van der Waals surface area contributed by atoms with Gasteiger partial charge in [0, 0.05) is 49.1 Å². The predicted octanol–water partition coefficient (Wildman–Crippen LogP) is 4.84. The van der Waals surface area contributed by atoms with Crippen molar-refractivity contribution in [1.82, 2.24) is 19.6 Å². The lowest BCUT2D eigenvalue weighted by molar-refractivity contribution is -0.146. The number of amides is 1. The second-order valence-corrected chi connectivity index (χ2v) is 19.3. The summed E-state index contributed by atoms with van der Waals surface area (Å²) >= 11 is 0. The molecular formula is C41H47N5O7Si. The van der Waals surface area contributed by atoms with E-state index in [2.05, 4.69) is 42.5 Å². The maximum Gasteiger partial charge on any atom is 0.297 e.